The van der Waals surface area contributed by atoms with Gasteiger partial charge in [0.1, 0.15) is 11.6 Å². The van der Waals surface area contributed by atoms with Gasteiger partial charge in [-0.3, -0.25) is 4.79 Å². The smallest absolute Gasteiger partial charge is 0.303 e. The van der Waals surface area contributed by atoms with Crippen LogP contribution in [0.2, 0.25) is 0 Å². The molecular formula is C11H9BrF2O2. The average molecular weight is 291 g/mol. The van der Waals surface area contributed by atoms with E-state index in [-0.39, 0.29) is 18.4 Å². The molecule has 0 aliphatic carbocycles. The molecule has 0 fully saturated rings. The summed E-state index contributed by atoms with van der Waals surface area (Å²) in [6, 6.07) is 2.31. The minimum Gasteiger partial charge on any atom is -0.481 e. The number of hydrogen-bond donors (Lipinski definition) is 1. The summed E-state index contributed by atoms with van der Waals surface area (Å²) >= 11 is 2.97. The fraction of sp³-hybridized carbons (Fsp3) is 0.182. The van der Waals surface area contributed by atoms with Gasteiger partial charge in [0.05, 0.1) is 0 Å². The van der Waals surface area contributed by atoms with Gasteiger partial charge in [0.15, 0.2) is 0 Å². The van der Waals surface area contributed by atoms with E-state index in [1.807, 2.05) is 0 Å². The van der Waals surface area contributed by atoms with Gasteiger partial charge in [0.2, 0.25) is 0 Å². The Bertz CT molecular complexity index is 407. The summed E-state index contributed by atoms with van der Waals surface area (Å²) < 4.78 is 26.8. The maximum Gasteiger partial charge on any atom is 0.303 e. The summed E-state index contributed by atoms with van der Waals surface area (Å²) in [5.74, 6) is -2.31. The Kier molecular flexibility index (Phi) is 4.61. The molecule has 0 aromatic heterocycles. The lowest BCUT2D eigenvalue weighted by atomic mass is 10.1. The molecule has 0 aliphatic rings. The monoisotopic (exact) mass is 290 g/mol. The third-order valence-corrected chi connectivity index (χ3v) is 2.31. The van der Waals surface area contributed by atoms with Crippen LogP contribution in [0.1, 0.15) is 18.4 Å². The predicted octanol–water partition coefficient (Wildman–Crippen LogP) is 3.61. The Morgan fingerprint density at radius 1 is 1.38 bits per heavy atom. The van der Waals surface area contributed by atoms with E-state index in [0.29, 0.717) is 4.47 Å². The van der Waals surface area contributed by atoms with Crippen LogP contribution in [-0.4, -0.2) is 11.1 Å². The van der Waals surface area contributed by atoms with Crippen LogP contribution in [0.5, 0.6) is 0 Å². The van der Waals surface area contributed by atoms with Crippen molar-refractivity contribution in [2.45, 2.75) is 12.8 Å². The van der Waals surface area contributed by atoms with Crippen LogP contribution in [0.25, 0.3) is 6.08 Å². The molecular weight excluding hydrogens is 282 g/mol. The van der Waals surface area contributed by atoms with Gasteiger partial charge in [-0.15, -0.1) is 0 Å². The van der Waals surface area contributed by atoms with E-state index in [1.165, 1.54) is 12.2 Å². The molecule has 0 saturated carbocycles. The van der Waals surface area contributed by atoms with E-state index < -0.39 is 17.6 Å². The standard InChI is InChI=1S/C11H9BrF2O2/c12-7-5-9(13)8(10(14)6-7)3-1-2-4-11(15)16/h1,3,5-6H,2,4H2,(H,15,16). The van der Waals surface area contributed by atoms with Crippen molar-refractivity contribution < 1.29 is 18.7 Å². The van der Waals surface area contributed by atoms with Crippen molar-refractivity contribution in [1.82, 2.24) is 0 Å². The fourth-order valence-corrected chi connectivity index (χ4v) is 1.52. The molecule has 1 rings (SSSR count). The number of carboxylic acids is 1. The Balaban J connectivity index is 2.77. The van der Waals surface area contributed by atoms with E-state index in [2.05, 4.69) is 15.9 Å². The third-order valence-electron chi connectivity index (χ3n) is 1.85. The van der Waals surface area contributed by atoms with Crippen LogP contribution in [-0.2, 0) is 4.79 Å². The second-order valence-corrected chi connectivity index (χ2v) is 4.03. The molecule has 0 saturated heterocycles. The molecule has 86 valence electrons. The average Bonchev–Trinajstić information content (AvgIpc) is 2.14. The number of benzene rings is 1. The van der Waals surface area contributed by atoms with Gasteiger partial charge in [0.25, 0.3) is 0 Å². The highest BCUT2D eigenvalue weighted by atomic mass is 79.9. The highest BCUT2D eigenvalue weighted by Crippen LogP contribution is 2.20. The number of carboxylic acid groups (broad SMARTS) is 1. The van der Waals surface area contributed by atoms with Crippen molar-refractivity contribution in [2.75, 3.05) is 0 Å². The maximum atomic E-state index is 13.3. The Labute approximate surface area is 99.7 Å². The van der Waals surface area contributed by atoms with Crippen LogP contribution < -0.4 is 0 Å². The maximum absolute atomic E-state index is 13.3. The molecule has 1 aromatic rings. The van der Waals surface area contributed by atoms with E-state index in [9.17, 15) is 13.6 Å². The summed E-state index contributed by atoms with van der Waals surface area (Å²) in [6.45, 7) is 0. The van der Waals surface area contributed by atoms with Gasteiger partial charge in [-0.25, -0.2) is 8.78 Å². The number of allylic oxidation sites excluding steroid dienone is 1. The topological polar surface area (TPSA) is 37.3 Å². The summed E-state index contributed by atoms with van der Waals surface area (Å²) in [7, 11) is 0. The van der Waals surface area contributed by atoms with Gasteiger partial charge in [0, 0.05) is 16.5 Å². The van der Waals surface area contributed by atoms with E-state index in [1.54, 1.807) is 0 Å². The molecule has 0 atom stereocenters. The summed E-state index contributed by atoms with van der Waals surface area (Å²) in [6.07, 6.45) is 2.87. The second kappa shape index (κ2) is 5.75. The number of carbonyl (C=O) groups is 1. The lowest BCUT2D eigenvalue weighted by Crippen LogP contribution is -1.92. The lowest BCUT2D eigenvalue weighted by molar-refractivity contribution is -0.136. The molecule has 5 heteroatoms. The highest BCUT2D eigenvalue weighted by molar-refractivity contribution is 9.10. The first-order valence-corrected chi connectivity index (χ1v) is 5.33. The SMILES string of the molecule is O=C(O)CCC=Cc1c(F)cc(Br)cc1F. The van der Waals surface area contributed by atoms with Gasteiger partial charge in [-0.2, -0.15) is 0 Å². The lowest BCUT2D eigenvalue weighted by Gasteiger charge is -2.00. The van der Waals surface area contributed by atoms with Gasteiger partial charge >= 0.3 is 5.97 Å². The van der Waals surface area contributed by atoms with Gasteiger partial charge in [-0.05, 0) is 18.6 Å². The van der Waals surface area contributed by atoms with Crippen molar-refractivity contribution in [3.8, 4) is 0 Å². The van der Waals surface area contributed by atoms with Crippen molar-refractivity contribution >= 4 is 28.0 Å². The third kappa shape index (κ3) is 3.73. The van der Waals surface area contributed by atoms with Crippen molar-refractivity contribution in [2.24, 2.45) is 0 Å². The number of rotatable bonds is 4. The minimum absolute atomic E-state index is 0.0593. The quantitative estimate of drug-likeness (QED) is 0.920. The Morgan fingerprint density at radius 3 is 2.44 bits per heavy atom. The van der Waals surface area contributed by atoms with Crippen LogP contribution >= 0.6 is 15.9 Å². The summed E-state index contributed by atoms with van der Waals surface area (Å²) in [4.78, 5) is 10.2. The first kappa shape index (κ1) is 12.8. The zero-order valence-corrected chi connectivity index (χ0v) is 9.80. The molecule has 0 bridgehead atoms. The van der Waals surface area contributed by atoms with Crippen molar-refractivity contribution in [1.29, 1.82) is 0 Å². The van der Waals surface area contributed by atoms with E-state index >= 15 is 0 Å². The number of halogens is 3. The zero-order chi connectivity index (χ0) is 12.1. The molecule has 0 unspecified atom stereocenters. The van der Waals surface area contributed by atoms with Crippen molar-refractivity contribution in [3.63, 3.8) is 0 Å². The van der Waals surface area contributed by atoms with Crippen LogP contribution in [0.15, 0.2) is 22.7 Å². The predicted molar refractivity (Wildman–Crippen MR) is 60.0 cm³/mol. The van der Waals surface area contributed by atoms with E-state index in [4.69, 9.17) is 5.11 Å². The first-order valence-electron chi connectivity index (χ1n) is 4.53. The minimum atomic E-state index is -0.943. The summed E-state index contributed by atoms with van der Waals surface area (Å²) in [5.41, 5.74) is -0.159. The van der Waals surface area contributed by atoms with Crippen LogP contribution in [0.3, 0.4) is 0 Å². The molecule has 1 N–H and O–H groups in total. The zero-order valence-electron chi connectivity index (χ0n) is 8.21. The molecule has 0 radical (unpaired) electrons. The molecule has 1 aromatic carbocycles. The fourth-order valence-electron chi connectivity index (χ4n) is 1.12. The molecule has 16 heavy (non-hydrogen) atoms. The van der Waals surface area contributed by atoms with Crippen LogP contribution in [0.4, 0.5) is 8.78 Å². The normalized spacial score (nSPS) is 10.9. The van der Waals surface area contributed by atoms with E-state index in [0.717, 1.165) is 12.1 Å². The molecule has 0 aliphatic heterocycles. The van der Waals surface area contributed by atoms with Gasteiger partial charge in [-0.1, -0.05) is 28.1 Å². The molecule has 0 amide bonds. The van der Waals surface area contributed by atoms with Crippen LogP contribution in [0, 0.1) is 11.6 Å². The Morgan fingerprint density at radius 2 is 1.94 bits per heavy atom. The molecule has 0 spiro atoms. The molecule has 2 nitrogen and oxygen atoms in total. The number of aliphatic carboxylic acids is 1. The second-order valence-electron chi connectivity index (χ2n) is 3.12. The number of hydrogen-bond acceptors (Lipinski definition) is 1. The van der Waals surface area contributed by atoms with Gasteiger partial charge < -0.3 is 5.11 Å². The largest absolute Gasteiger partial charge is 0.481 e. The van der Waals surface area contributed by atoms with Crippen molar-refractivity contribution in [3.05, 3.63) is 39.9 Å². The molecule has 0 heterocycles. The summed E-state index contributed by atoms with van der Waals surface area (Å²) in [5, 5.41) is 8.37. The first-order chi connectivity index (χ1) is 7.50. The highest BCUT2D eigenvalue weighted by Gasteiger charge is 2.07. The Hall–Kier alpha value is -1.23.